The quantitative estimate of drug-likeness (QED) is 0.753. The van der Waals surface area contributed by atoms with Crippen molar-refractivity contribution >= 4 is 5.91 Å². The van der Waals surface area contributed by atoms with Crippen LogP contribution in [0.4, 0.5) is 0 Å². The van der Waals surface area contributed by atoms with Crippen LogP contribution in [0, 0.1) is 0 Å². The van der Waals surface area contributed by atoms with Gasteiger partial charge < -0.3 is 15.6 Å². The van der Waals surface area contributed by atoms with Gasteiger partial charge in [0.1, 0.15) is 6.54 Å². The van der Waals surface area contributed by atoms with Crippen molar-refractivity contribution < 1.29 is 4.79 Å². The average Bonchev–Trinajstić information content (AvgIpc) is 2.33. The molecule has 0 fully saturated rings. The number of amides is 1. The van der Waals surface area contributed by atoms with Crippen LogP contribution < -0.4 is 16.6 Å². The van der Waals surface area contributed by atoms with E-state index in [4.69, 9.17) is 5.73 Å². The molecule has 0 aliphatic heterocycles. The highest BCUT2D eigenvalue weighted by molar-refractivity contribution is 5.75. The molecule has 0 spiro atoms. The minimum Gasteiger partial charge on any atom is -0.358 e. The molecule has 17 heavy (non-hydrogen) atoms. The van der Waals surface area contributed by atoms with Crippen molar-refractivity contribution in [2.45, 2.75) is 31.8 Å². The molecule has 92 valence electrons. The molecular formula is C12H17N3O2. The number of nitrogens with two attached hydrogens (primary N) is 1. The van der Waals surface area contributed by atoms with Gasteiger partial charge >= 0.3 is 0 Å². The van der Waals surface area contributed by atoms with Crippen molar-refractivity contribution in [2.24, 2.45) is 5.73 Å². The topological polar surface area (TPSA) is 77.1 Å². The second-order valence-electron chi connectivity index (χ2n) is 4.33. The molecule has 0 saturated heterocycles. The second kappa shape index (κ2) is 4.71. The Bertz CT molecular complexity index is 493. The molecule has 0 aromatic carbocycles. The highest BCUT2D eigenvalue weighted by Crippen LogP contribution is 2.26. The lowest BCUT2D eigenvalue weighted by Crippen LogP contribution is -2.34. The summed E-state index contributed by atoms with van der Waals surface area (Å²) in [6.45, 7) is 0.0746. The van der Waals surface area contributed by atoms with Crippen molar-refractivity contribution in [3.8, 4) is 0 Å². The van der Waals surface area contributed by atoms with Gasteiger partial charge in [0.05, 0.1) is 0 Å². The molecule has 5 nitrogen and oxygen atoms in total. The number of fused-ring (bicyclic) bond motifs is 1. The van der Waals surface area contributed by atoms with E-state index >= 15 is 0 Å². The van der Waals surface area contributed by atoms with E-state index in [-0.39, 0.29) is 24.1 Å². The Morgan fingerprint density at radius 3 is 3.06 bits per heavy atom. The number of aromatic nitrogens is 1. The van der Waals surface area contributed by atoms with E-state index in [1.165, 1.54) is 10.6 Å². The largest absolute Gasteiger partial charge is 0.358 e. The molecule has 1 aromatic rings. The van der Waals surface area contributed by atoms with Gasteiger partial charge in [0.25, 0.3) is 5.56 Å². The van der Waals surface area contributed by atoms with Crippen molar-refractivity contribution in [1.29, 1.82) is 0 Å². The minimum atomic E-state index is -0.167. The van der Waals surface area contributed by atoms with E-state index in [0.717, 1.165) is 30.5 Å². The SMILES string of the molecule is CNC(=O)Cn1c2c(ccc1=O)C(N)CCC2. The molecule has 2 rings (SSSR count). The molecule has 0 saturated carbocycles. The Balaban J connectivity index is 2.46. The van der Waals surface area contributed by atoms with Crippen molar-refractivity contribution in [3.63, 3.8) is 0 Å². The van der Waals surface area contributed by atoms with E-state index in [2.05, 4.69) is 5.32 Å². The average molecular weight is 235 g/mol. The number of rotatable bonds is 2. The lowest BCUT2D eigenvalue weighted by atomic mass is 9.91. The summed E-state index contributed by atoms with van der Waals surface area (Å²) in [6.07, 6.45) is 2.71. The second-order valence-corrected chi connectivity index (χ2v) is 4.33. The van der Waals surface area contributed by atoms with Gasteiger partial charge in [-0.15, -0.1) is 0 Å². The molecule has 0 bridgehead atoms. The van der Waals surface area contributed by atoms with Crippen LogP contribution >= 0.6 is 0 Å². The predicted molar refractivity (Wildman–Crippen MR) is 64.6 cm³/mol. The normalized spacial score (nSPS) is 18.6. The molecule has 1 atom stereocenters. The van der Waals surface area contributed by atoms with Gasteiger partial charge in [0, 0.05) is 24.8 Å². The van der Waals surface area contributed by atoms with Gasteiger partial charge in [-0.05, 0) is 24.8 Å². The number of pyridine rings is 1. The molecule has 1 unspecified atom stereocenters. The third-order valence-electron chi connectivity index (χ3n) is 3.24. The highest BCUT2D eigenvalue weighted by Gasteiger charge is 2.20. The zero-order valence-corrected chi connectivity index (χ0v) is 9.90. The fourth-order valence-corrected chi connectivity index (χ4v) is 2.29. The number of carbonyl (C=O) groups excluding carboxylic acids is 1. The van der Waals surface area contributed by atoms with Crippen molar-refractivity contribution in [3.05, 3.63) is 33.7 Å². The van der Waals surface area contributed by atoms with Crippen LogP contribution in [0.25, 0.3) is 0 Å². The molecular weight excluding hydrogens is 218 g/mol. The minimum absolute atomic E-state index is 0.0183. The zero-order valence-electron chi connectivity index (χ0n) is 9.90. The predicted octanol–water partition coefficient (Wildman–Crippen LogP) is -0.0696. The maximum absolute atomic E-state index is 11.8. The fraction of sp³-hybridized carbons (Fsp3) is 0.500. The van der Waals surface area contributed by atoms with Crippen LogP contribution in [0.2, 0.25) is 0 Å². The maximum atomic E-state index is 11.8. The first-order valence-electron chi connectivity index (χ1n) is 5.82. The summed E-state index contributed by atoms with van der Waals surface area (Å²) in [5.74, 6) is -0.167. The number of hydrogen-bond acceptors (Lipinski definition) is 3. The van der Waals surface area contributed by atoms with Crippen molar-refractivity contribution in [1.82, 2.24) is 9.88 Å². The van der Waals surface area contributed by atoms with E-state index < -0.39 is 0 Å². The summed E-state index contributed by atoms with van der Waals surface area (Å²) in [7, 11) is 1.56. The number of hydrogen-bond donors (Lipinski definition) is 2. The molecule has 5 heteroatoms. The first-order chi connectivity index (χ1) is 8.13. The molecule has 0 radical (unpaired) electrons. The lowest BCUT2D eigenvalue weighted by molar-refractivity contribution is -0.121. The summed E-state index contributed by atoms with van der Waals surface area (Å²) in [5, 5.41) is 2.53. The molecule has 1 aromatic heterocycles. The third-order valence-corrected chi connectivity index (χ3v) is 3.24. The number of nitrogens with one attached hydrogen (secondary N) is 1. The van der Waals surface area contributed by atoms with Crippen LogP contribution in [0.5, 0.6) is 0 Å². The number of likely N-dealkylation sites (N-methyl/N-ethyl adjacent to an activating group) is 1. The molecule has 3 N–H and O–H groups in total. The van der Waals surface area contributed by atoms with Gasteiger partial charge in [0.2, 0.25) is 5.91 Å². The summed E-state index contributed by atoms with van der Waals surface area (Å²) in [4.78, 5) is 23.2. The van der Waals surface area contributed by atoms with Gasteiger partial charge in [0.15, 0.2) is 0 Å². The van der Waals surface area contributed by atoms with Crippen LogP contribution in [-0.2, 0) is 17.8 Å². The van der Waals surface area contributed by atoms with E-state index in [0.29, 0.717) is 0 Å². The maximum Gasteiger partial charge on any atom is 0.251 e. The Labute approximate surface area is 99.6 Å². The van der Waals surface area contributed by atoms with Crippen LogP contribution in [0.15, 0.2) is 16.9 Å². The zero-order chi connectivity index (χ0) is 12.4. The van der Waals surface area contributed by atoms with E-state index in [9.17, 15) is 9.59 Å². The summed E-state index contributed by atoms with van der Waals surface area (Å²) < 4.78 is 1.53. The monoisotopic (exact) mass is 235 g/mol. The van der Waals surface area contributed by atoms with Gasteiger partial charge in [-0.25, -0.2) is 0 Å². The van der Waals surface area contributed by atoms with Crippen LogP contribution in [-0.4, -0.2) is 17.5 Å². The van der Waals surface area contributed by atoms with Crippen molar-refractivity contribution in [2.75, 3.05) is 7.05 Å². The number of nitrogens with zero attached hydrogens (tertiary/aromatic N) is 1. The number of carbonyl (C=O) groups is 1. The highest BCUT2D eigenvalue weighted by atomic mass is 16.2. The van der Waals surface area contributed by atoms with Gasteiger partial charge in [-0.2, -0.15) is 0 Å². The summed E-state index contributed by atoms with van der Waals surface area (Å²) in [6, 6.07) is 3.27. The van der Waals surface area contributed by atoms with Crippen LogP contribution in [0.1, 0.15) is 30.1 Å². The standard InChI is InChI=1S/C12H17N3O2/c1-14-11(16)7-15-10-4-2-3-9(13)8(10)5-6-12(15)17/h5-6,9H,2-4,7,13H2,1H3,(H,14,16). The van der Waals surface area contributed by atoms with Gasteiger partial charge in [-0.3, -0.25) is 9.59 Å². The Morgan fingerprint density at radius 1 is 1.59 bits per heavy atom. The van der Waals surface area contributed by atoms with E-state index in [1.54, 1.807) is 13.1 Å². The summed E-state index contributed by atoms with van der Waals surface area (Å²) >= 11 is 0. The first-order valence-corrected chi connectivity index (χ1v) is 5.82. The molecule has 1 heterocycles. The third kappa shape index (κ3) is 2.24. The summed E-state index contributed by atoms with van der Waals surface area (Å²) in [5.41, 5.74) is 7.79. The fourth-order valence-electron chi connectivity index (χ4n) is 2.29. The molecule has 1 aliphatic carbocycles. The smallest absolute Gasteiger partial charge is 0.251 e. The Morgan fingerprint density at radius 2 is 2.35 bits per heavy atom. The molecule has 1 aliphatic rings. The van der Waals surface area contributed by atoms with E-state index in [1.807, 2.05) is 0 Å². The Hall–Kier alpha value is -1.62. The lowest BCUT2D eigenvalue weighted by Gasteiger charge is -2.25. The first kappa shape index (κ1) is 11.9. The van der Waals surface area contributed by atoms with Crippen LogP contribution in [0.3, 0.4) is 0 Å². The molecule has 1 amide bonds. The van der Waals surface area contributed by atoms with Gasteiger partial charge in [-0.1, -0.05) is 6.07 Å². The Kier molecular flexibility index (Phi) is 3.28.